The molecule has 1 unspecified atom stereocenters. The molecule has 0 aliphatic rings. The second-order valence-electron chi connectivity index (χ2n) is 3.89. The SMILES string of the molecule is CCCCCCCCC(CBr)OCCCl. The second kappa shape index (κ2) is 12.8. The molecule has 0 heterocycles. The fourth-order valence-electron chi connectivity index (χ4n) is 1.57. The number of unbranched alkanes of at least 4 members (excludes halogenated alkanes) is 5. The minimum Gasteiger partial charge on any atom is -0.376 e. The highest BCUT2D eigenvalue weighted by Crippen LogP contribution is 2.12. The molecule has 92 valence electrons. The van der Waals surface area contributed by atoms with E-state index in [9.17, 15) is 0 Å². The minimum absolute atomic E-state index is 0.356. The maximum Gasteiger partial charge on any atom is 0.0672 e. The van der Waals surface area contributed by atoms with E-state index in [0.29, 0.717) is 18.6 Å². The van der Waals surface area contributed by atoms with Crippen LogP contribution in [0.25, 0.3) is 0 Å². The molecule has 0 rings (SSSR count). The van der Waals surface area contributed by atoms with Crippen LogP contribution in [-0.2, 0) is 4.74 Å². The molecule has 15 heavy (non-hydrogen) atoms. The molecule has 0 aliphatic heterocycles. The summed E-state index contributed by atoms with van der Waals surface area (Å²) in [5, 5.41) is 0.929. The molecular weight excluding hydrogens is 275 g/mol. The van der Waals surface area contributed by atoms with Gasteiger partial charge in [0.25, 0.3) is 0 Å². The smallest absolute Gasteiger partial charge is 0.0672 e. The van der Waals surface area contributed by atoms with E-state index in [1.165, 1.54) is 38.5 Å². The minimum atomic E-state index is 0.356. The predicted octanol–water partition coefficient (Wildman–Crippen LogP) is 4.76. The number of ether oxygens (including phenoxy) is 1. The van der Waals surface area contributed by atoms with Crippen LogP contribution in [0.1, 0.15) is 51.9 Å². The van der Waals surface area contributed by atoms with E-state index >= 15 is 0 Å². The van der Waals surface area contributed by atoms with Crippen LogP contribution in [0.15, 0.2) is 0 Å². The zero-order valence-corrected chi connectivity index (χ0v) is 12.2. The molecule has 0 N–H and O–H groups in total. The molecule has 0 fully saturated rings. The lowest BCUT2D eigenvalue weighted by atomic mass is 10.1. The molecule has 1 atom stereocenters. The second-order valence-corrected chi connectivity index (χ2v) is 4.92. The molecule has 0 spiro atoms. The lowest BCUT2D eigenvalue weighted by Gasteiger charge is -2.14. The van der Waals surface area contributed by atoms with Crippen LogP contribution in [0, 0.1) is 0 Å². The van der Waals surface area contributed by atoms with Crippen molar-refractivity contribution in [2.75, 3.05) is 17.8 Å². The normalized spacial score (nSPS) is 13.0. The molecule has 0 saturated carbocycles. The third-order valence-electron chi connectivity index (χ3n) is 2.48. The molecule has 3 heteroatoms. The average molecular weight is 300 g/mol. The van der Waals surface area contributed by atoms with Gasteiger partial charge in [0.1, 0.15) is 0 Å². The van der Waals surface area contributed by atoms with Gasteiger partial charge in [-0.15, -0.1) is 11.6 Å². The van der Waals surface area contributed by atoms with Crippen molar-refractivity contribution in [3.05, 3.63) is 0 Å². The summed E-state index contributed by atoms with van der Waals surface area (Å²) in [5.41, 5.74) is 0. The number of rotatable bonds is 11. The molecule has 1 nitrogen and oxygen atoms in total. The van der Waals surface area contributed by atoms with Crippen molar-refractivity contribution >= 4 is 27.5 Å². The largest absolute Gasteiger partial charge is 0.376 e. The highest BCUT2D eigenvalue weighted by molar-refractivity contribution is 9.09. The summed E-state index contributed by atoms with van der Waals surface area (Å²) in [6, 6.07) is 0. The fourth-order valence-corrected chi connectivity index (χ4v) is 2.17. The molecule has 0 aromatic heterocycles. The first-order chi connectivity index (χ1) is 7.35. The van der Waals surface area contributed by atoms with Crippen LogP contribution in [0.2, 0.25) is 0 Å². The van der Waals surface area contributed by atoms with Gasteiger partial charge in [-0.2, -0.15) is 0 Å². The van der Waals surface area contributed by atoms with E-state index in [0.717, 1.165) is 11.8 Å². The first-order valence-electron chi connectivity index (χ1n) is 6.08. The Morgan fingerprint density at radius 2 is 1.80 bits per heavy atom. The van der Waals surface area contributed by atoms with Gasteiger partial charge in [0, 0.05) is 11.2 Å². The van der Waals surface area contributed by atoms with Crippen LogP contribution < -0.4 is 0 Å². The Labute approximate surface area is 108 Å². The van der Waals surface area contributed by atoms with Crippen molar-refractivity contribution in [3.63, 3.8) is 0 Å². The molecule has 0 aliphatic carbocycles. The lowest BCUT2D eigenvalue weighted by molar-refractivity contribution is 0.0739. The first kappa shape index (κ1) is 15.7. The van der Waals surface area contributed by atoms with Crippen LogP contribution in [0.5, 0.6) is 0 Å². The molecule has 0 aromatic carbocycles. The van der Waals surface area contributed by atoms with Gasteiger partial charge in [-0.25, -0.2) is 0 Å². The highest BCUT2D eigenvalue weighted by atomic mass is 79.9. The maximum absolute atomic E-state index is 5.59. The molecule has 0 amide bonds. The van der Waals surface area contributed by atoms with Crippen LogP contribution >= 0.6 is 27.5 Å². The summed E-state index contributed by atoms with van der Waals surface area (Å²) in [6.45, 7) is 2.93. The quantitative estimate of drug-likeness (QED) is 0.395. The monoisotopic (exact) mass is 298 g/mol. The summed E-state index contributed by atoms with van der Waals surface area (Å²) in [5.74, 6) is 0.597. The molecule has 0 bridgehead atoms. The van der Waals surface area contributed by atoms with Gasteiger partial charge in [0.15, 0.2) is 0 Å². The molecule has 0 radical (unpaired) electrons. The van der Waals surface area contributed by atoms with Crippen LogP contribution in [-0.4, -0.2) is 23.9 Å². The molecule has 0 saturated heterocycles. The van der Waals surface area contributed by atoms with Gasteiger partial charge < -0.3 is 4.74 Å². The zero-order chi connectivity index (χ0) is 11.4. The fraction of sp³-hybridized carbons (Fsp3) is 1.00. The van der Waals surface area contributed by atoms with Gasteiger partial charge in [-0.1, -0.05) is 61.4 Å². The lowest BCUT2D eigenvalue weighted by Crippen LogP contribution is -2.15. The Morgan fingerprint density at radius 3 is 2.40 bits per heavy atom. The van der Waals surface area contributed by atoms with E-state index in [4.69, 9.17) is 16.3 Å². The summed E-state index contributed by atoms with van der Waals surface area (Å²) < 4.78 is 5.59. The van der Waals surface area contributed by atoms with E-state index < -0.39 is 0 Å². The predicted molar refractivity (Wildman–Crippen MR) is 72.2 cm³/mol. The number of halogens is 2. The summed E-state index contributed by atoms with van der Waals surface area (Å²) in [7, 11) is 0. The third kappa shape index (κ3) is 11.0. The van der Waals surface area contributed by atoms with Gasteiger partial charge in [-0.05, 0) is 6.42 Å². The average Bonchev–Trinajstić information content (AvgIpc) is 2.27. The van der Waals surface area contributed by atoms with Gasteiger partial charge in [0.2, 0.25) is 0 Å². The third-order valence-corrected chi connectivity index (χ3v) is 3.36. The van der Waals surface area contributed by atoms with Crippen molar-refractivity contribution < 1.29 is 4.74 Å². The Balaban J connectivity index is 3.22. The molecular formula is C12H24BrClO. The zero-order valence-electron chi connectivity index (χ0n) is 9.81. The van der Waals surface area contributed by atoms with E-state index in [1.807, 2.05) is 0 Å². The van der Waals surface area contributed by atoms with E-state index in [1.54, 1.807) is 0 Å². The van der Waals surface area contributed by atoms with Gasteiger partial charge in [0.05, 0.1) is 12.7 Å². The molecule has 0 aromatic rings. The number of hydrogen-bond acceptors (Lipinski definition) is 1. The standard InChI is InChI=1S/C12H24BrClO/c1-2-3-4-5-6-7-8-12(11-13)15-10-9-14/h12H,2-11H2,1H3. The Bertz CT molecular complexity index is 122. The Hall–Kier alpha value is 0.730. The van der Waals surface area contributed by atoms with Crippen LogP contribution in [0.4, 0.5) is 0 Å². The van der Waals surface area contributed by atoms with Crippen molar-refractivity contribution in [1.82, 2.24) is 0 Å². The topological polar surface area (TPSA) is 9.23 Å². The number of alkyl halides is 2. The van der Waals surface area contributed by atoms with E-state index in [2.05, 4.69) is 22.9 Å². The summed E-state index contributed by atoms with van der Waals surface area (Å²) in [4.78, 5) is 0. The van der Waals surface area contributed by atoms with Crippen molar-refractivity contribution in [3.8, 4) is 0 Å². The summed E-state index contributed by atoms with van der Waals surface area (Å²) >= 11 is 9.05. The van der Waals surface area contributed by atoms with Gasteiger partial charge in [-0.3, -0.25) is 0 Å². The number of hydrogen-bond donors (Lipinski definition) is 0. The van der Waals surface area contributed by atoms with Crippen molar-refractivity contribution in [1.29, 1.82) is 0 Å². The van der Waals surface area contributed by atoms with Crippen LogP contribution in [0.3, 0.4) is 0 Å². The van der Waals surface area contributed by atoms with Gasteiger partial charge >= 0.3 is 0 Å². The van der Waals surface area contributed by atoms with E-state index in [-0.39, 0.29) is 0 Å². The van der Waals surface area contributed by atoms with Crippen molar-refractivity contribution in [2.45, 2.75) is 58.0 Å². The Morgan fingerprint density at radius 1 is 1.13 bits per heavy atom. The Kier molecular flexibility index (Phi) is 13.4. The summed E-state index contributed by atoms with van der Waals surface area (Å²) in [6.07, 6.45) is 9.60. The first-order valence-corrected chi connectivity index (χ1v) is 7.74. The maximum atomic E-state index is 5.59. The van der Waals surface area contributed by atoms with Crippen molar-refractivity contribution in [2.24, 2.45) is 0 Å². The highest BCUT2D eigenvalue weighted by Gasteiger charge is 2.06.